The first kappa shape index (κ1) is 16.8. The summed E-state index contributed by atoms with van der Waals surface area (Å²) in [5.41, 5.74) is 3.02. The molecular weight excluding hydrogens is 329 g/mol. The zero-order valence-corrected chi connectivity index (χ0v) is 14.6. The van der Waals surface area contributed by atoms with E-state index >= 15 is 0 Å². The molecule has 2 heterocycles. The average Bonchev–Trinajstić information content (AvgIpc) is 3.11. The molecule has 5 heteroatoms. The number of carbonyl (C=O) groups excluding carboxylic acids is 1. The molecule has 0 bridgehead atoms. The van der Waals surface area contributed by atoms with Gasteiger partial charge in [0, 0.05) is 18.9 Å². The van der Waals surface area contributed by atoms with Gasteiger partial charge in [-0.05, 0) is 54.2 Å². The molecule has 0 radical (unpaired) electrons. The summed E-state index contributed by atoms with van der Waals surface area (Å²) in [6.45, 7) is 0.730. The van der Waals surface area contributed by atoms with E-state index in [1.54, 1.807) is 18.3 Å². The molecule has 3 aromatic rings. The molecule has 1 N–H and O–H groups in total. The van der Waals surface area contributed by atoms with Crippen LogP contribution in [0.3, 0.4) is 0 Å². The van der Waals surface area contributed by atoms with Crippen molar-refractivity contribution in [1.82, 2.24) is 14.7 Å². The molecule has 1 aromatic carbocycles. The van der Waals surface area contributed by atoms with Crippen molar-refractivity contribution in [2.24, 2.45) is 5.92 Å². The van der Waals surface area contributed by atoms with E-state index < -0.39 is 0 Å². The van der Waals surface area contributed by atoms with Gasteiger partial charge in [-0.25, -0.2) is 9.37 Å². The molecule has 1 aliphatic rings. The van der Waals surface area contributed by atoms with E-state index in [1.165, 1.54) is 44.2 Å². The van der Waals surface area contributed by atoms with E-state index in [-0.39, 0.29) is 11.7 Å². The van der Waals surface area contributed by atoms with E-state index in [1.807, 2.05) is 22.7 Å². The predicted octanol–water partition coefficient (Wildman–Crippen LogP) is 4.45. The Bertz CT molecular complexity index is 911. The number of pyridine rings is 1. The third-order valence-corrected chi connectivity index (χ3v) is 5.14. The predicted molar refractivity (Wildman–Crippen MR) is 99.5 cm³/mol. The Morgan fingerprint density at radius 2 is 1.77 bits per heavy atom. The summed E-state index contributed by atoms with van der Waals surface area (Å²) in [5, 5.41) is 3.03. The molecule has 0 saturated heterocycles. The van der Waals surface area contributed by atoms with Crippen molar-refractivity contribution in [3.8, 4) is 11.1 Å². The lowest BCUT2D eigenvalue weighted by atomic mass is 9.89. The highest BCUT2D eigenvalue weighted by atomic mass is 19.1. The monoisotopic (exact) mass is 351 g/mol. The summed E-state index contributed by atoms with van der Waals surface area (Å²) in [6.07, 6.45) is 9.90. The van der Waals surface area contributed by atoms with Crippen LogP contribution < -0.4 is 5.32 Å². The number of aromatic nitrogens is 2. The van der Waals surface area contributed by atoms with Crippen LogP contribution in [0.5, 0.6) is 0 Å². The number of benzene rings is 1. The van der Waals surface area contributed by atoms with E-state index in [0.29, 0.717) is 11.6 Å². The Balaban J connectivity index is 1.49. The summed E-state index contributed by atoms with van der Waals surface area (Å²) in [5.74, 6) is 0.215. The summed E-state index contributed by atoms with van der Waals surface area (Å²) in [6, 6.07) is 10.2. The highest BCUT2D eigenvalue weighted by molar-refractivity contribution is 5.92. The van der Waals surface area contributed by atoms with Gasteiger partial charge in [-0.3, -0.25) is 4.79 Å². The van der Waals surface area contributed by atoms with Gasteiger partial charge in [0.05, 0.1) is 0 Å². The van der Waals surface area contributed by atoms with Crippen LogP contribution >= 0.6 is 0 Å². The van der Waals surface area contributed by atoms with Crippen molar-refractivity contribution in [3.05, 3.63) is 60.3 Å². The van der Waals surface area contributed by atoms with Crippen LogP contribution in [0.15, 0.2) is 48.8 Å². The number of imidazole rings is 1. The topological polar surface area (TPSA) is 46.4 Å². The summed E-state index contributed by atoms with van der Waals surface area (Å²) >= 11 is 0. The van der Waals surface area contributed by atoms with Crippen LogP contribution in [0, 0.1) is 11.7 Å². The van der Waals surface area contributed by atoms with E-state index in [0.717, 1.165) is 23.3 Å². The van der Waals surface area contributed by atoms with Gasteiger partial charge in [0.2, 0.25) is 0 Å². The molecule has 1 saturated carbocycles. The Morgan fingerprint density at radius 3 is 2.54 bits per heavy atom. The average molecular weight is 351 g/mol. The maximum absolute atomic E-state index is 13.1. The highest BCUT2D eigenvalue weighted by Gasteiger charge is 2.16. The lowest BCUT2D eigenvalue weighted by molar-refractivity contribution is 0.0939. The van der Waals surface area contributed by atoms with Crippen LogP contribution in [0.4, 0.5) is 4.39 Å². The minimum atomic E-state index is -0.255. The van der Waals surface area contributed by atoms with Gasteiger partial charge in [0.1, 0.15) is 17.2 Å². The second-order valence-electron chi connectivity index (χ2n) is 7.03. The number of halogens is 1. The number of fused-ring (bicyclic) bond motifs is 1. The number of nitrogens with one attached hydrogen (secondary N) is 1. The molecule has 4 nitrogen and oxygen atoms in total. The number of hydrogen-bond donors (Lipinski definition) is 1. The van der Waals surface area contributed by atoms with Crippen molar-refractivity contribution in [2.75, 3.05) is 6.54 Å². The zero-order chi connectivity index (χ0) is 17.9. The van der Waals surface area contributed by atoms with Gasteiger partial charge in [-0.1, -0.05) is 31.4 Å². The molecule has 134 valence electrons. The van der Waals surface area contributed by atoms with E-state index in [2.05, 4.69) is 10.3 Å². The smallest absolute Gasteiger partial charge is 0.271 e. The van der Waals surface area contributed by atoms with E-state index in [9.17, 15) is 9.18 Å². The van der Waals surface area contributed by atoms with Crippen LogP contribution in [0.1, 0.15) is 42.6 Å². The number of amides is 1. The normalized spacial score (nSPS) is 15.3. The molecule has 2 aromatic heterocycles. The number of carbonyl (C=O) groups is 1. The molecule has 0 unspecified atom stereocenters. The first-order valence-electron chi connectivity index (χ1n) is 9.22. The summed E-state index contributed by atoms with van der Waals surface area (Å²) < 4.78 is 14.9. The second kappa shape index (κ2) is 7.28. The number of rotatable bonds is 4. The molecule has 1 amide bonds. The Morgan fingerprint density at radius 1 is 1.04 bits per heavy atom. The van der Waals surface area contributed by atoms with Crippen LogP contribution in [-0.4, -0.2) is 21.8 Å². The van der Waals surface area contributed by atoms with Gasteiger partial charge < -0.3 is 9.72 Å². The third-order valence-electron chi connectivity index (χ3n) is 5.14. The third kappa shape index (κ3) is 3.62. The maximum atomic E-state index is 13.1. The Hall–Kier alpha value is -2.69. The fraction of sp³-hybridized carbons (Fsp3) is 0.333. The lowest BCUT2D eigenvalue weighted by Crippen LogP contribution is -2.30. The molecule has 1 fully saturated rings. The molecule has 0 spiro atoms. The van der Waals surface area contributed by atoms with Gasteiger partial charge in [-0.15, -0.1) is 0 Å². The Labute approximate surface area is 152 Å². The molecule has 0 aliphatic heterocycles. The quantitative estimate of drug-likeness (QED) is 0.755. The standard InChI is InChI=1S/C21H22FN3O/c22-18-9-6-16(7-10-18)17-8-11-20-24-19(14-25(20)13-17)21(26)23-12-15-4-2-1-3-5-15/h6-11,13-15H,1-5,12H2,(H,23,26). The van der Waals surface area contributed by atoms with Crippen molar-refractivity contribution in [3.63, 3.8) is 0 Å². The fourth-order valence-electron chi connectivity index (χ4n) is 3.63. The van der Waals surface area contributed by atoms with Gasteiger partial charge in [-0.2, -0.15) is 0 Å². The number of hydrogen-bond acceptors (Lipinski definition) is 2. The minimum absolute atomic E-state index is 0.123. The summed E-state index contributed by atoms with van der Waals surface area (Å²) in [4.78, 5) is 16.8. The highest BCUT2D eigenvalue weighted by Crippen LogP contribution is 2.23. The molecule has 0 atom stereocenters. The number of nitrogens with zero attached hydrogens (tertiary/aromatic N) is 2. The van der Waals surface area contributed by atoms with Crippen LogP contribution in [0.25, 0.3) is 16.8 Å². The van der Waals surface area contributed by atoms with Crippen molar-refractivity contribution in [2.45, 2.75) is 32.1 Å². The molecule has 4 rings (SSSR count). The Kier molecular flexibility index (Phi) is 4.69. The molecular formula is C21H22FN3O. The summed E-state index contributed by atoms with van der Waals surface area (Å²) in [7, 11) is 0. The van der Waals surface area contributed by atoms with Crippen LogP contribution in [0.2, 0.25) is 0 Å². The van der Waals surface area contributed by atoms with Crippen molar-refractivity contribution < 1.29 is 9.18 Å². The largest absolute Gasteiger partial charge is 0.350 e. The van der Waals surface area contributed by atoms with Gasteiger partial charge in [0.15, 0.2) is 0 Å². The van der Waals surface area contributed by atoms with Gasteiger partial charge >= 0.3 is 0 Å². The van der Waals surface area contributed by atoms with E-state index in [4.69, 9.17) is 0 Å². The first-order valence-corrected chi connectivity index (χ1v) is 9.22. The fourth-order valence-corrected chi connectivity index (χ4v) is 3.63. The first-order chi connectivity index (χ1) is 12.7. The second-order valence-corrected chi connectivity index (χ2v) is 7.03. The van der Waals surface area contributed by atoms with Crippen molar-refractivity contribution >= 4 is 11.6 Å². The van der Waals surface area contributed by atoms with Crippen molar-refractivity contribution in [1.29, 1.82) is 0 Å². The van der Waals surface area contributed by atoms with Crippen LogP contribution in [-0.2, 0) is 0 Å². The molecule has 26 heavy (non-hydrogen) atoms. The lowest BCUT2D eigenvalue weighted by Gasteiger charge is -2.21. The zero-order valence-electron chi connectivity index (χ0n) is 14.6. The minimum Gasteiger partial charge on any atom is -0.350 e. The molecule has 1 aliphatic carbocycles. The maximum Gasteiger partial charge on any atom is 0.271 e. The SMILES string of the molecule is O=C(NCC1CCCCC1)c1cn2cc(-c3ccc(F)cc3)ccc2n1. The van der Waals surface area contributed by atoms with Gasteiger partial charge in [0.25, 0.3) is 5.91 Å².